The summed E-state index contributed by atoms with van der Waals surface area (Å²) in [6.07, 6.45) is 2.36. The predicted octanol–water partition coefficient (Wildman–Crippen LogP) is 4.85. The zero-order valence-electron chi connectivity index (χ0n) is 11.8. The highest BCUT2D eigenvalue weighted by Gasteiger charge is 2.10. The summed E-state index contributed by atoms with van der Waals surface area (Å²) >= 11 is 9.20. The van der Waals surface area contributed by atoms with Crippen LogP contribution in [-0.2, 0) is 11.2 Å². The third-order valence-corrected chi connectivity index (χ3v) is 5.12. The SMILES string of the molecule is CSc1ccc(CC(=O)Nc2nc3c(Cl)cccc3s2)cc1. The number of rotatable bonds is 4. The second-order valence-corrected chi connectivity index (χ2v) is 7.00. The molecule has 0 aliphatic heterocycles. The number of amides is 1. The summed E-state index contributed by atoms with van der Waals surface area (Å²) in [6.45, 7) is 0. The molecule has 22 heavy (non-hydrogen) atoms. The van der Waals surface area contributed by atoms with Gasteiger partial charge >= 0.3 is 0 Å². The van der Waals surface area contributed by atoms with E-state index in [9.17, 15) is 4.79 Å². The minimum Gasteiger partial charge on any atom is -0.302 e. The number of aromatic nitrogens is 1. The lowest BCUT2D eigenvalue weighted by molar-refractivity contribution is -0.115. The van der Waals surface area contributed by atoms with E-state index in [-0.39, 0.29) is 5.91 Å². The Morgan fingerprint density at radius 1 is 1.27 bits per heavy atom. The van der Waals surface area contributed by atoms with Crippen LogP contribution in [0.15, 0.2) is 47.4 Å². The topological polar surface area (TPSA) is 42.0 Å². The molecule has 2 aromatic carbocycles. The zero-order chi connectivity index (χ0) is 15.5. The minimum absolute atomic E-state index is 0.0768. The number of carbonyl (C=O) groups is 1. The summed E-state index contributed by atoms with van der Waals surface area (Å²) in [6, 6.07) is 13.6. The van der Waals surface area contributed by atoms with Crippen molar-refractivity contribution in [2.45, 2.75) is 11.3 Å². The van der Waals surface area contributed by atoms with Crippen LogP contribution in [0.1, 0.15) is 5.56 Å². The van der Waals surface area contributed by atoms with E-state index in [1.165, 1.54) is 16.2 Å². The van der Waals surface area contributed by atoms with Gasteiger partial charge in [-0.2, -0.15) is 0 Å². The van der Waals surface area contributed by atoms with E-state index < -0.39 is 0 Å². The molecule has 0 unspecified atom stereocenters. The molecule has 0 saturated heterocycles. The number of thiazole rings is 1. The van der Waals surface area contributed by atoms with Gasteiger partial charge in [-0.1, -0.05) is 41.1 Å². The molecule has 0 bridgehead atoms. The first kappa shape index (κ1) is 15.3. The van der Waals surface area contributed by atoms with Gasteiger partial charge in [0, 0.05) is 4.90 Å². The number of thioether (sulfide) groups is 1. The highest BCUT2D eigenvalue weighted by Crippen LogP contribution is 2.30. The zero-order valence-corrected chi connectivity index (χ0v) is 14.2. The summed E-state index contributed by atoms with van der Waals surface area (Å²) < 4.78 is 0.965. The third kappa shape index (κ3) is 3.43. The molecule has 1 heterocycles. The number of fused-ring (bicyclic) bond motifs is 1. The first-order valence-electron chi connectivity index (χ1n) is 6.63. The number of nitrogens with zero attached hydrogens (tertiary/aromatic N) is 1. The van der Waals surface area contributed by atoms with Gasteiger partial charge in [0.05, 0.1) is 16.1 Å². The maximum Gasteiger partial charge on any atom is 0.230 e. The van der Waals surface area contributed by atoms with Crippen molar-refractivity contribution in [3.63, 3.8) is 0 Å². The maximum atomic E-state index is 12.1. The molecule has 3 rings (SSSR count). The molecule has 0 saturated carbocycles. The average molecular weight is 349 g/mol. The number of anilines is 1. The molecular formula is C16H13ClN2OS2. The molecule has 0 fully saturated rings. The van der Waals surface area contributed by atoms with Crippen LogP contribution in [0.3, 0.4) is 0 Å². The smallest absolute Gasteiger partial charge is 0.230 e. The van der Waals surface area contributed by atoms with E-state index >= 15 is 0 Å². The number of hydrogen-bond donors (Lipinski definition) is 1. The Balaban J connectivity index is 1.71. The van der Waals surface area contributed by atoms with Crippen molar-refractivity contribution < 1.29 is 4.79 Å². The lowest BCUT2D eigenvalue weighted by atomic mass is 10.1. The Hall–Kier alpha value is -1.56. The van der Waals surface area contributed by atoms with Crippen molar-refractivity contribution in [3.8, 4) is 0 Å². The number of halogens is 1. The Morgan fingerprint density at radius 3 is 2.73 bits per heavy atom. The van der Waals surface area contributed by atoms with Gasteiger partial charge < -0.3 is 5.32 Å². The molecule has 0 aliphatic carbocycles. The second-order valence-electron chi connectivity index (χ2n) is 4.68. The van der Waals surface area contributed by atoms with Crippen molar-refractivity contribution in [2.75, 3.05) is 11.6 Å². The first-order valence-corrected chi connectivity index (χ1v) is 9.05. The van der Waals surface area contributed by atoms with Gasteiger partial charge in [-0.25, -0.2) is 4.98 Å². The van der Waals surface area contributed by atoms with Crippen LogP contribution in [0.2, 0.25) is 5.02 Å². The lowest BCUT2D eigenvalue weighted by Gasteiger charge is -2.03. The molecule has 3 nitrogen and oxygen atoms in total. The van der Waals surface area contributed by atoms with Crippen LogP contribution in [0.4, 0.5) is 5.13 Å². The Morgan fingerprint density at radius 2 is 2.05 bits per heavy atom. The fraction of sp³-hybridized carbons (Fsp3) is 0.125. The number of hydrogen-bond acceptors (Lipinski definition) is 4. The lowest BCUT2D eigenvalue weighted by Crippen LogP contribution is -2.14. The van der Waals surface area contributed by atoms with Gasteiger partial charge in [-0.15, -0.1) is 11.8 Å². The van der Waals surface area contributed by atoms with Gasteiger partial charge in [0.1, 0.15) is 5.52 Å². The molecule has 1 aromatic heterocycles. The van der Waals surface area contributed by atoms with Crippen molar-refractivity contribution in [1.82, 2.24) is 4.98 Å². The molecule has 0 aliphatic rings. The van der Waals surface area contributed by atoms with E-state index in [4.69, 9.17) is 11.6 Å². The summed E-state index contributed by atoms with van der Waals surface area (Å²) in [4.78, 5) is 17.7. The largest absolute Gasteiger partial charge is 0.302 e. The van der Waals surface area contributed by atoms with Crippen molar-refractivity contribution in [3.05, 3.63) is 53.1 Å². The Labute approximate surface area is 141 Å². The highest BCUT2D eigenvalue weighted by atomic mass is 35.5. The van der Waals surface area contributed by atoms with E-state index in [0.717, 1.165) is 15.8 Å². The average Bonchev–Trinajstić information content (AvgIpc) is 2.92. The predicted molar refractivity (Wildman–Crippen MR) is 95.2 cm³/mol. The van der Waals surface area contributed by atoms with Crippen molar-refractivity contribution in [1.29, 1.82) is 0 Å². The van der Waals surface area contributed by atoms with E-state index in [1.807, 2.05) is 42.7 Å². The fourth-order valence-corrected chi connectivity index (χ4v) is 3.65. The Kier molecular flexibility index (Phi) is 4.66. The molecule has 1 amide bonds. The third-order valence-electron chi connectivity index (χ3n) is 3.14. The van der Waals surface area contributed by atoms with Gasteiger partial charge in [0.15, 0.2) is 5.13 Å². The van der Waals surface area contributed by atoms with Gasteiger partial charge in [-0.05, 0) is 36.1 Å². The van der Waals surface area contributed by atoms with Crippen LogP contribution >= 0.6 is 34.7 Å². The maximum absolute atomic E-state index is 12.1. The van der Waals surface area contributed by atoms with Gasteiger partial charge in [-0.3, -0.25) is 4.79 Å². The van der Waals surface area contributed by atoms with Gasteiger partial charge in [0.25, 0.3) is 0 Å². The van der Waals surface area contributed by atoms with Crippen LogP contribution < -0.4 is 5.32 Å². The molecule has 112 valence electrons. The summed E-state index contributed by atoms with van der Waals surface area (Å²) in [7, 11) is 0. The molecule has 0 spiro atoms. The summed E-state index contributed by atoms with van der Waals surface area (Å²) in [5, 5.41) is 4.02. The number of benzene rings is 2. The van der Waals surface area contributed by atoms with Crippen molar-refractivity contribution in [2.24, 2.45) is 0 Å². The van der Waals surface area contributed by atoms with E-state index in [1.54, 1.807) is 17.8 Å². The molecule has 6 heteroatoms. The first-order chi connectivity index (χ1) is 10.7. The standard InChI is InChI=1S/C16H13ClN2OS2/c1-21-11-7-5-10(6-8-11)9-14(20)18-16-19-15-12(17)3-2-4-13(15)22-16/h2-8H,9H2,1H3,(H,18,19,20). The number of nitrogens with one attached hydrogen (secondary N) is 1. The summed E-state index contributed by atoms with van der Waals surface area (Å²) in [5.74, 6) is -0.0768. The molecule has 3 aromatic rings. The molecule has 0 atom stereocenters. The second kappa shape index (κ2) is 6.69. The molecular weight excluding hydrogens is 336 g/mol. The van der Waals surface area contributed by atoms with Crippen LogP contribution in [0.5, 0.6) is 0 Å². The number of para-hydroxylation sites is 1. The fourth-order valence-electron chi connectivity index (χ4n) is 2.06. The molecule has 0 radical (unpaired) electrons. The highest BCUT2D eigenvalue weighted by molar-refractivity contribution is 7.98. The summed E-state index contributed by atoms with van der Waals surface area (Å²) in [5.41, 5.74) is 1.71. The minimum atomic E-state index is -0.0768. The van der Waals surface area contributed by atoms with Crippen LogP contribution in [0, 0.1) is 0 Å². The van der Waals surface area contributed by atoms with E-state index in [0.29, 0.717) is 16.6 Å². The number of carbonyl (C=O) groups excluding carboxylic acids is 1. The van der Waals surface area contributed by atoms with Crippen molar-refractivity contribution >= 4 is 56.0 Å². The van der Waals surface area contributed by atoms with Crippen LogP contribution in [0.25, 0.3) is 10.2 Å². The van der Waals surface area contributed by atoms with Gasteiger partial charge in [0.2, 0.25) is 5.91 Å². The molecule has 1 N–H and O–H groups in total. The Bertz CT molecular complexity index is 815. The van der Waals surface area contributed by atoms with E-state index in [2.05, 4.69) is 10.3 Å². The quantitative estimate of drug-likeness (QED) is 0.685. The van der Waals surface area contributed by atoms with Crippen LogP contribution in [-0.4, -0.2) is 17.1 Å². The normalized spacial score (nSPS) is 10.8. The monoisotopic (exact) mass is 348 g/mol.